The molecular formula is C13H12FNO. The summed E-state index contributed by atoms with van der Waals surface area (Å²) in [6.45, 7) is 2.00. The summed E-state index contributed by atoms with van der Waals surface area (Å²) in [6.07, 6.45) is 0.873. The summed E-state index contributed by atoms with van der Waals surface area (Å²) in [5.74, 6) is -0.705. The van der Waals surface area contributed by atoms with E-state index >= 15 is 0 Å². The first-order chi connectivity index (χ1) is 7.63. The van der Waals surface area contributed by atoms with Crippen LogP contribution in [0.25, 0.3) is 0 Å². The van der Waals surface area contributed by atoms with Crippen LogP contribution in [0, 0.1) is 29.0 Å². The van der Waals surface area contributed by atoms with Crippen molar-refractivity contribution in [2.45, 2.75) is 19.3 Å². The van der Waals surface area contributed by atoms with Crippen molar-refractivity contribution in [1.29, 1.82) is 5.26 Å². The Morgan fingerprint density at radius 3 is 2.50 bits per heavy atom. The Morgan fingerprint density at radius 1 is 1.50 bits per heavy atom. The van der Waals surface area contributed by atoms with E-state index in [2.05, 4.69) is 0 Å². The molecule has 3 heteroatoms. The van der Waals surface area contributed by atoms with E-state index in [1.54, 1.807) is 0 Å². The van der Waals surface area contributed by atoms with Crippen LogP contribution >= 0.6 is 0 Å². The first-order valence-corrected chi connectivity index (χ1v) is 5.32. The molecule has 3 atom stereocenters. The van der Waals surface area contributed by atoms with Crippen molar-refractivity contribution < 1.29 is 9.18 Å². The number of rotatable bonds is 3. The van der Waals surface area contributed by atoms with E-state index in [0.29, 0.717) is 11.5 Å². The highest BCUT2D eigenvalue weighted by Crippen LogP contribution is 2.41. The van der Waals surface area contributed by atoms with Crippen LogP contribution in [-0.4, -0.2) is 5.78 Å². The predicted molar refractivity (Wildman–Crippen MR) is 57.0 cm³/mol. The Balaban J connectivity index is 2.20. The smallest absolute Gasteiger partial charge is 0.157 e. The average Bonchev–Trinajstić information content (AvgIpc) is 2.99. The molecule has 1 fully saturated rings. The molecule has 1 aromatic rings. The lowest BCUT2D eigenvalue weighted by Crippen LogP contribution is -2.13. The second-order valence-corrected chi connectivity index (χ2v) is 4.34. The van der Waals surface area contributed by atoms with Crippen LogP contribution < -0.4 is 0 Å². The molecule has 2 nitrogen and oxygen atoms in total. The third kappa shape index (κ3) is 1.96. The summed E-state index contributed by atoms with van der Waals surface area (Å²) >= 11 is 0. The SMILES string of the molecule is CC1CC1C(=O)C(C#N)c1ccc(F)cc1. The zero-order valence-electron chi connectivity index (χ0n) is 8.98. The summed E-state index contributed by atoms with van der Waals surface area (Å²) < 4.78 is 12.7. The van der Waals surface area contributed by atoms with Crippen LogP contribution in [0.5, 0.6) is 0 Å². The average molecular weight is 217 g/mol. The highest BCUT2D eigenvalue weighted by molar-refractivity contribution is 5.92. The van der Waals surface area contributed by atoms with Crippen molar-refractivity contribution in [2.24, 2.45) is 11.8 Å². The third-order valence-corrected chi connectivity index (χ3v) is 3.09. The summed E-state index contributed by atoms with van der Waals surface area (Å²) in [7, 11) is 0. The van der Waals surface area contributed by atoms with E-state index < -0.39 is 5.92 Å². The van der Waals surface area contributed by atoms with E-state index in [-0.39, 0.29) is 17.5 Å². The first-order valence-electron chi connectivity index (χ1n) is 5.32. The predicted octanol–water partition coefficient (Wildman–Crippen LogP) is 2.66. The second-order valence-electron chi connectivity index (χ2n) is 4.34. The number of nitrogens with zero attached hydrogens (tertiary/aromatic N) is 1. The zero-order valence-corrected chi connectivity index (χ0v) is 8.98. The van der Waals surface area contributed by atoms with Crippen LogP contribution in [0.1, 0.15) is 24.8 Å². The Bertz CT molecular complexity index is 446. The molecule has 1 aliphatic rings. The van der Waals surface area contributed by atoms with E-state index in [1.807, 2.05) is 13.0 Å². The number of benzene rings is 1. The van der Waals surface area contributed by atoms with Crippen LogP contribution in [0.3, 0.4) is 0 Å². The Kier molecular flexibility index (Phi) is 2.74. The van der Waals surface area contributed by atoms with Gasteiger partial charge in [-0.2, -0.15) is 5.26 Å². The van der Waals surface area contributed by atoms with Crippen molar-refractivity contribution in [3.05, 3.63) is 35.6 Å². The second kappa shape index (κ2) is 4.05. The molecule has 0 N–H and O–H groups in total. The molecule has 0 aliphatic heterocycles. The number of Topliss-reactive ketones (excluding diaryl/α,β-unsaturated/α-hetero) is 1. The zero-order chi connectivity index (χ0) is 11.7. The third-order valence-electron chi connectivity index (χ3n) is 3.09. The molecule has 1 aromatic carbocycles. The van der Waals surface area contributed by atoms with Crippen molar-refractivity contribution in [1.82, 2.24) is 0 Å². The highest BCUT2D eigenvalue weighted by Gasteiger charge is 2.42. The Morgan fingerprint density at radius 2 is 2.06 bits per heavy atom. The van der Waals surface area contributed by atoms with Crippen LogP contribution in [0.2, 0.25) is 0 Å². The lowest BCUT2D eigenvalue weighted by molar-refractivity contribution is -0.120. The highest BCUT2D eigenvalue weighted by atomic mass is 19.1. The van der Waals surface area contributed by atoms with Gasteiger partial charge in [0.25, 0.3) is 0 Å². The molecule has 0 amide bonds. The van der Waals surface area contributed by atoms with Gasteiger partial charge in [0.05, 0.1) is 6.07 Å². The van der Waals surface area contributed by atoms with Gasteiger partial charge in [-0.15, -0.1) is 0 Å². The van der Waals surface area contributed by atoms with Crippen LogP contribution in [0.4, 0.5) is 4.39 Å². The molecule has 0 saturated heterocycles. The van der Waals surface area contributed by atoms with Gasteiger partial charge in [0.2, 0.25) is 0 Å². The largest absolute Gasteiger partial charge is 0.298 e. The number of nitriles is 1. The fraction of sp³-hybridized carbons (Fsp3) is 0.385. The number of halogens is 1. The van der Waals surface area contributed by atoms with E-state index in [0.717, 1.165) is 6.42 Å². The number of hydrogen-bond donors (Lipinski definition) is 0. The fourth-order valence-corrected chi connectivity index (χ4v) is 1.89. The van der Waals surface area contributed by atoms with E-state index in [1.165, 1.54) is 24.3 Å². The molecule has 0 radical (unpaired) electrons. The first kappa shape index (κ1) is 10.8. The van der Waals surface area contributed by atoms with Gasteiger partial charge in [0, 0.05) is 5.92 Å². The number of carbonyl (C=O) groups is 1. The van der Waals surface area contributed by atoms with E-state index in [4.69, 9.17) is 5.26 Å². The summed E-state index contributed by atoms with van der Waals surface area (Å²) in [6, 6.07) is 7.59. The molecule has 1 aliphatic carbocycles. The van der Waals surface area contributed by atoms with Gasteiger partial charge >= 0.3 is 0 Å². The monoisotopic (exact) mass is 217 g/mol. The topological polar surface area (TPSA) is 40.9 Å². The van der Waals surface area contributed by atoms with Crippen LogP contribution in [0.15, 0.2) is 24.3 Å². The lowest BCUT2D eigenvalue weighted by Gasteiger charge is -2.07. The number of ketones is 1. The van der Waals surface area contributed by atoms with Crippen molar-refractivity contribution in [2.75, 3.05) is 0 Å². The molecule has 1 saturated carbocycles. The van der Waals surface area contributed by atoms with Crippen molar-refractivity contribution >= 4 is 5.78 Å². The maximum Gasteiger partial charge on any atom is 0.157 e. The van der Waals surface area contributed by atoms with Crippen molar-refractivity contribution in [3.8, 4) is 6.07 Å². The fourth-order valence-electron chi connectivity index (χ4n) is 1.89. The molecule has 3 unspecified atom stereocenters. The standard InChI is InChI=1S/C13H12FNO/c1-8-6-11(8)13(16)12(7-15)9-2-4-10(14)5-3-9/h2-5,8,11-12H,6H2,1H3. The Hall–Kier alpha value is -1.69. The Labute approximate surface area is 93.7 Å². The van der Waals surface area contributed by atoms with Gasteiger partial charge in [-0.25, -0.2) is 4.39 Å². The van der Waals surface area contributed by atoms with Gasteiger partial charge in [0.1, 0.15) is 11.7 Å². The van der Waals surface area contributed by atoms with Gasteiger partial charge < -0.3 is 0 Å². The molecule has 82 valence electrons. The van der Waals surface area contributed by atoms with E-state index in [9.17, 15) is 9.18 Å². The van der Waals surface area contributed by atoms with Gasteiger partial charge in [-0.05, 0) is 30.0 Å². The molecule has 16 heavy (non-hydrogen) atoms. The summed E-state index contributed by atoms with van der Waals surface area (Å²) in [5, 5.41) is 9.02. The molecule has 2 rings (SSSR count). The summed E-state index contributed by atoms with van der Waals surface area (Å²) in [4.78, 5) is 11.9. The molecule has 0 aromatic heterocycles. The maximum absolute atomic E-state index is 12.7. The number of hydrogen-bond acceptors (Lipinski definition) is 2. The van der Waals surface area contributed by atoms with Crippen LogP contribution in [-0.2, 0) is 4.79 Å². The summed E-state index contributed by atoms with van der Waals surface area (Å²) in [5.41, 5.74) is 0.591. The minimum atomic E-state index is -0.740. The lowest BCUT2D eigenvalue weighted by atomic mass is 9.93. The minimum absolute atomic E-state index is 0.0229. The molecule has 0 spiro atoms. The minimum Gasteiger partial charge on any atom is -0.298 e. The van der Waals surface area contributed by atoms with Crippen molar-refractivity contribution in [3.63, 3.8) is 0 Å². The quantitative estimate of drug-likeness (QED) is 0.781. The molecule has 0 bridgehead atoms. The van der Waals surface area contributed by atoms with Gasteiger partial charge in [0.15, 0.2) is 5.78 Å². The normalized spacial score (nSPS) is 24.6. The molecule has 0 heterocycles. The van der Waals surface area contributed by atoms with Gasteiger partial charge in [-0.3, -0.25) is 4.79 Å². The van der Waals surface area contributed by atoms with Gasteiger partial charge in [-0.1, -0.05) is 19.1 Å². The maximum atomic E-state index is 12.7. The molecular weight excluding hydrogens is 205 g/mol. The number of carbonyl (C=O) groups excluding carboxylic acids is 1.